The van der Waals surface area contributed by atoms with Crippen LogP contribution >= 0.6 is 15.9 Å². The number of hydrogen-bond acceptors (Lipinski definition) is 2. The molecule has 0 saturated carbocycles. The largest absolute Gasteiger partial charge is 0.481 e. The minimum absolute atomic E-state index is 0.0840. The molecular formula is C13H18BrNO2. The molecule has 4 heteroatoms. The topological polar surface area (TPSA) is 38.3 Å². The van der Waals surface area contributed by atoms with E-state index in [4.69, 9.17) is 4.74 Å². The Hall–Kier alpha value is -1.03. The van der Waals surface area contributed by atoms with Crippen LogP contribution in [0.2, 0.25) is 0 Å². The molecule has 94 valence electrons. The molecule has 0 aliphatic carbocycles. The number of nitrogens with one attached hydrogen (secondary N) is 1. The Morgan fingerprint density at radius 1 is 1.47 bits per heavy atom. The summed E-state index contributed by atoms with van der Waals surface area (Å²) in [6, 6.07) is 7.64. The fourth-order valence-corrected chi connectivity index (χ4v) is 1.64. The van der Waals surface area contributed by atoms with Crippen molar-refractivity contribution in [3.05, 3.63) is 28.7 Å². The highest BCUT2D eigenvalue weighted by atomic mass is 79.9. The van der Waals surface area contributed by atoms with Gasteiger partial charge in [-0.1, -0.05) is 28.9 Å². The summed E-state index contributed by atoms with van der Waals surface area (Å²) >= 11 is 3.36. The molecule has 0 saturated heterocycles. The number of rotatable bonds is 5. The lowest BCUT2D eigenvalue weighted by molar-refractivity contribution is -0.127. The third-order valence-corrected chi connectivity index (χ3v) is 2.97. The summed E-state index contributed by atoms with van der Waals surface area (Å²) in [4.78, 5) is 11.8. The number of hydrogen-bond donors (Lipinski definition) is 1. The molecule has 0 bridgehead atoms. The first-order chi connectivity index (χ1) is 8.02. The Morgan fingerprint density at radius 3 is 2.76 bits per heavy atom. The van der Waals surface area contributed by atoms with Crippen molar-refractivity contribution in [1.29, 1.82) is 0 Å². The molecular weight excluding hydrogens is 282 g/mol. The van der Waals surface area contributed by atoms with E-state index in [1.165, 1.54) is 0 Å². The summed E-state index contributed by atoms with van der Waals surface area (Å²) < 4.78 is 6.50. The molecule has 1 aromatic carbocycles. The van der Waals surface area contributed by atoms with Gasteiger partial charge in [0.05, 0.1) is 0 Å². The number of amides is 1. The number of carbonyl (C=O) groups is 1. The normalized spacial score (nSPS) is 13.9. The van der Waals surface area contributed by atoms with E-state index in [0.29, 0.717) is 5.75 Å². The van der Waals surface area contributed by atoms with Crippen LogP contribution in [0.3, 0.4) is 0 Å². The number of ether oxygens (including phenoxy) is 1. The first kappa shape index (κ1) is 14.0. The molecule has 0 fully saturated rings. The van der Waals surface area contributed by atoms with Crippen molar-refractivity contribution in [3.63, 3.8) is 0 Å². The van der Waals surface area contributed by atoms with Gasteiger partial charge in [-0.3, -0.25) is 4.79 Å². The van der Waals surface area contributed by atoms with Gasteiger partial charge in [-0.05, 0) is 38.5 Å². The van der Waals surface area contributed by atoms with Gasteiger partial charge < -0.3 is 10.1 Å². The second kappa shape index (κ2) is 6.64. The predicted octanol–water partition coefficient (Wildman–Crippen LogP) is 3.13. The minimum Gasteiger partial charge on any atom is -0.481 e. The van der Waals surface area contributed by atoms with Gasteiger partial charge in [0, 0.05) is 10.5 Å². The van der Waals surface area contributed by atoms with Crippen molar-refractivity contribution in [3.8, 4) is 5.75 Å². The molecule has 0 heterocycles. The van der Waals surface area contributed by atoms with Crippen LogP contribution in [0.1, 0.15) is 27.2 Å². The van der Waals surface area contributed by atoms with Crippen LogP contribution in [-0.2, 0) is 4.79 Å². The highest BCUT2D eigenvalue weighted by Gasteiger charge is 2.16. The van der Waals surface area contributed by atoms with Gasteiger partial charge in [0.1, 0.15) is 5.75 Å². The van der Waals surface area contributed by atoms with Crippen molar-refractivity contribution >= 4 is 21.8 Å². The zero-order valence-corrected chi connectivity index (χ0v) is 12.0. The molecule has 0 aromatic heterocycles. The molecule has 0 aliphatic rings. The zero-order valence-electron chi connectivity index (χ0n) is 10.4. The highest BCUT2D eigenvalue weighted by molar-refractivity contribution is 9.10. The molecule has 2 unspecified atom stereocenters. The lowest BCUT2D eigenvalue weighted by Crippen LogP contribution is -2.40. The number of halogens is 1. The third-order valence-electron chi connectivity index (χ3n) is 2.48. The van der Waals surface area contributed by atoms with Crippen LogP contribution < -0.4 is 10.1 Å². The van der Waals surface area contributed by atoms with E-state index in [0.717, 1.165) is 10.9 Å². The van der Waals surface area contributed by atoms with E-state index >= 15 is 0 Å². The predicted molar refractivity (Wildman–Crippen MR) is 72.1 cm³/mol. The smallest absolute Gasteiger partial charge is 0.260 e. The van der Waals surface area contributed by atoms with Gasteiger partial charge in [-0.25, -0.2) is 0 Å². The average molecular weight is 300 g/mol. The molecule has 1 aromatic rings. The fraction of sp³-hybridized carbons (Fsp3) is 0.462. The average Bonchev–Trinajstić information content (AvgIpc) is 2.28. The first-order valence-electron chi connectivity index (χ1n) is 5.75. The Balaban J connectivity index is 2.54. The quantitative estimate of drug-likeness (QED) is 0.907. The van der Waals surface area contributed by atoms with Crippen molar-refractivity contribution in [1.82, 2.24) is 5.32 Å². The summed E-state index contributed by atoms with van der Waals surface area (Å²) in [7, 11) is 0. The van der Waals surface area contributed by atoms with Gasteiger partial charge in [-0.2, -0.15) is 0 Å². The SMILES string of the molecule is CCC(C)NC(=O)C(C)Oc1cccc(Br)c1. The van der Waals surface area contributed by atoms with Crippen LogP contribution in [0.15, 0.2) is 28.7 Å². The molecule has 3 nitrogen and oxygen atoms in total. The second-order valence-corrected chi connectivity index (χ2v) is 4.95. The minimum atomic E-state index is -0.488. The number of carbonyl (C=O) groups excluding carboxylic acids is 1. The van der Waals surface area contributed by atoms with E-state index in [9.17, 15) is 4.79 Å². The molecule has 2 atom stereocenters. The summed E-state index contributed by atoms with van der Waals surface area (Å²) in [6.45, 7) is 5.76. The maximum Gasteiger partial charge on any atom is 0.260 e. The van der Waals surface area contributed by atoms with Crippen LogP contribution in [0.25, 0.3) is 0 Å². The van der Waals surface area contributed by atoms with Gasteiger partial charge in [0.25, 0.3) is 5.91 Å². The van der Waals surface area contributed by atoms with Gasteiger partial charge in [0.2, 0.25) is 0 Å². The Labute approximate surface area is 111 Å². The summed E-state index contributed by atoms with van der Waals surface area (Å²) in [6.07, 6.45) is 0.424. The molecule has 1 amide bonds. The van der Waals surface area contributed by atoms with Crippen molar-refractivity contribution in [2.45, 2.75) is 39.3 Å². The molecule has 0 spiro atoms. The molecule has 0 aliphatic heterocycles. The highest BCUT2D eigenvalue weighted by Crippen LogP contribution is 2.18. The van der Waals surface area contributed by atoms with Crippen LogP contribution in [0, 0.1) is 0 Å². The van der Waals surface area contributed by atoms with E-state index < -0.39 is 6.10 Å². The summed E-state index contributed by atoms with van der Waals surface area (Å²) in [5, 5.41) is 2.89. The molecule has 17 heavy (non-hydrogen) atoms. The Bertz CT molecular complexity index is 381. The van der Waals surface area contributed by atoms with E-state index in [1.807, 2.05) is 38.1 Å². The number of benzene rings is 1. The Morgan fingerprint density at radius 2 is 2.18 bits per heavy atom. The first-order valence-corrected chi connectivity index (χ1v) is 6.54. The van der Waals surface area contributed by atoms with Crippen molar-refractivity contribution in [2.24, 2.45) is 0 Å². The van der Waals surface area contributed by atoms with E-state index in [-0.39, 0.29) is 11.9 Å². The monoisotopic (exact) mass is 299 g/mol. The summed E-state index contributed by atoms with van der Waals surface area (Å²) in [5.74, 6) is 0.602. The van der Waals surface area contributed by atoms with Crippen molar-refractivity contribution in [2.75, 3.05) is 0 Å². The molecule has 1 N–H and O–H groups in total. The van der Waals surface area contributed by atoms with E-state index in [2.05, 4.69) is 21.2 Å². The second-order valence-electron chi connectivity index (χ2n) is 4.04. The lowest BCUT2D eigenvalue weighted by atomic mass is 10.2. The van der Waals surface area contributed by atoms with E-state index in [1.54, 1.807) is 6.92 Å². The summed E-state index contributed by atoms with van der Waals surface area (Å²) in [5.41, 5.74) is 0. The Kier molecular flexibility index (Phi) is 5.48. The van der Waals surface area contributed by atoms with Crippen LogP contribution in [0.4, 0.5) is 0 Å². The van der Waals surface area contributed by atoms with Gasteiger partial charge in [-0.15, -0.1) is 0 Å². The van der Waals surface area contributed by atoms with Crippen molar-refractivity contribution < 1.29 is 9.53 Å². The maximum absolute atomic E-state index is 11.8. The lowest BCUT2D eigenvalue weighted by Gasteiger charge is -2.17. The fourth-order valence-electron chi connectivity index (χ4n) is 1.26. The standard InChI is InChI=1S/C13H18BrNO2/c1-4-9(2)15-13(16)10(3)17-12-7-5-6-11(14)8-12/h5-10H,4H2,1-3H3,(H,15,16). The third kappa shape index (κ3) is 4.77. The van der Waals surface area contributed by atoms with Gasteiger partial charge in [0.15, 0.2) is 6.10 Å². The van der Waals surface area contributed by atoms with Gasteiger partial charge >= 0.3 is 0 Å². The van der Waals surface area contributed by atoms with Crippen LogP contribution in [-0.4, -0.2) is 18.1 Å². The van der Waals surface area contributed by atoms with Crippen LogP contribution in [0.5, 0.6) is 5.75 Å². The zero-order chi connectivity index (χ0) is 12.8. The maximum atomic E-state index is 11.8. The molecule has 1 rings (SSSR count). The molecule has 0 radical (unpaired) electrons.